The van der Waals surface area contributed by atoms with Crippen molar-refractivity contribution in [3.8, 4) is 0 Å². The highest BCUT2D eigenvalue weighted by molar-refractivity contribution is 7.09. The van der Waals surface area contributed by atoms with Crippen LogP contribution in [0.25, 0.3) is 0 Å². The van der Waals surface area contributed by atoms with Gasteiger partial charge in [0, 0.05) is 30.1 Å². The second-order valence-corrected chi connectivity index (χ2v) is 5.75. The quantitative estimate of drug-likeness (QED) is 0.871. The Bertz CT molecular complexity index is 329. The molecule has 1 N–H and O–H groups in total. The topological polar surface area (TPSA) is 28.2 Å². The third kappa shape index (κ3) is 4.05. The van der Waals surface area contributed by atoms with Gasteiger partial charge in [-0.05, 0) is 39.4 Å². The van der Waals surface area contributed by atoms with Crippen LogP contribution in [0.3, 0.4) is 0 Å². The van der Waals surface area contributed by atoms with E-state index in [1.165, 1.54) is 37.5 Å². The highest BCUT2D eigenvalue weighted by atomic mass is 32.1. The van der Waals surface area contributed by atoms with Gasteiger partial charge in [0.25, 0.3) is 0 Å². The fourth-order valence-corrected chi connectivity index (χ4v) is 3.19. The number of nitrogens with one attached hydrogen (secondary N) is 1. The zero-order valence-electron chi connectivity index (χ0n) is 10.9. The van der Waals surface area contributed by atoms with Crippen molar-refractivity contribution in [3.05, 3.63) is 16.1 Å². The fraction of sp³-hybridized carbons (Fsp3) is 0.769. The first kappa shape index (κ1) is 13.0. The number of hydrogen-bond donors (Lipinski definition) is 1. The highest BCUT2D eigenvalue weighted by Gasteiger charge is 2.17. The summed E-state index contributed by atoms with van der Waals surface area (Å²) in [5.74, 6) is 0. The van der Waals surface area contributed by atoms with Crippen LogP contribution >= 0.6 is 11.3 Å². The van der Waals surface area contributed by atoms with Gasteiger partial charge in [-0.2, -0.15) is 0 Å². The molecule has 1 aromatic rings. The molecule has 1 fully saturated rings. The number of piperidine rings is 1. The molecule has 2 rings (SSSR count). The Hall–Kier alpha value is -0.450. The van der Waals surface area contributed by atoms with E-state index in [1.54, 1.807) is 11.3 Å². The molecular weight excluding hydrogens is 230 g/mol. The minimum Gasteiger partial charge on any atom is -0.314 e. The normalized spacial score (nSPS) is 18.7. The molecule has 2 heterocycles. The van der Waals surface area contributed by atoms with E-state index in [9.17, 15) is 0 Å². The molecule has 96 valence electrons. The number of thiazole rings is 1. The molecule has 0 aromatic carbocycles. The smallest absolute Gasteiger partial charge is 0.0940 e. The lowest BCUT2D eigenvalue weighted by molar-refractivity contribution is 0.201. The zero-order chi connectivity index (χ0) is 12.1. The van der Waals surface area contributed by atoms with E-state index in [4.69, 9.17) is 0 Å². The number of aromatic nitrogens is 1. The van der Waals surface area contributed by atoms with Crippen LogP contribution in [0.4, 0.5) is 0 Å². The van der Waals surface area contributed by atoms with E-state index in [0.29, 0.717) is 0 Å². The van der Waals surface area contributed by atoms with E-state index in [0.717, 1.165) is 24.7 Å². The first-order valence-corrected chi connectivity index (χ1v) is 7.52. The van der Waals surface area contributed by atoms with E-state index in [1.807, 2.05) is 0 Å². The Balaban J connectivity index is 1.68. The third-order valence-corrected chi connectivity index (χ3v) is 4.42. The number of hydrogen-bond acceptors (Lipinski definition) is 4. The van der Waals surface area contributed by atoms with Crippen LogP contribution in [0, 0.1) is 6.92 Å². The van der Waals surface area contributed by atoms with E-state index >= 15 is 0 Å². The number of rotatable bonds is 5. The van der Waals surface area contributed by atoms with Gasteiger partial charge in [-0.1, -0.05) is 6.92 Å². The van der Waals surface area contributed by atoms with Crippen LogP contribution in [0.2, 0.25) is 0 Å². The molecule has 3 nitrogen and oxygen atoms in total. The molecule has 1 aliphatic heterocycles. The maximum Gasteiger partial charge on any atom is 0.0940 e. The molecule has 0 bridgehead atoms. The summed E-state index contributed by atoms with van der Waals surface area (Å²) in [6, 6.07) is 0.748. The molecule has 0 aliphatic carbocycles. The molecule has 0 radical (unpaired) electrons. The van der Waals surface area contributed by atoms with Crippen molar-refractivity contribution in [3.63, 3.8) is 0 Å². The number of aryl methyl sites for hydroxylation is 1. The van der Waals surface area contributed by atoms with Crippen LogP contribution < -0.4 is 5.32 Å². The summed E-state index contributed by atoms with van der Waals surface area (Å²) in [5, 5.41) is 6.98. The first-order chi connectivity index (χ1) is 8.28. The number of likely N-dealkylation sites (tertiary alicyclic amines) is 1. The molecule has 1 aromatic heterocycles. The Labute approximate surface area is 108 Å². The Morgan fingerprint density at radius 2 is 2.24 bits per heavy atom. The number of nitrogens with zero attached hydrogens (tertiary/aromatic N) is 2. The predicted octanol–water partition coefficient (Wildman–Crippen LogP) is 2.07. The van der Waals surface area contributed by atoms with Gasteiger partial charge in [0.1, 0.15) is 0 Å². The van der Waals surface area contributed by atoms with Crippen molar-refractivity contribution >= 4 is 11.3 Å². The summed E-state index contributed by atoms with van der Waals surface area (Å²) in [7, 11) is 0. The Morgan fingerprint density at radius 1 is 1.47 bits per heavy atom. The van der Waals surface area contributed by atoms with Gasteiger partial charge >= 0.3 is 0 Å². The zero-order valence-corrected chi connectivity index (χ0v) is 11.7. The van der Waals surface area contributed by atoms with Crippen LogP contribution in [-0.2, 0) is 6.42 Å². The van der Waals surface area contributed by atoms with Gasteiger partial charge in [-0.25, -0.2) is 4.98 Å². The summed E-state index contributed by atoms with van der Waals surface area (Å²) in [6.07, 6.45) is 3.71. The molecule has 1 aliphatic rings. The van der Waals surface area contributed by atoms with Crippen LogP contribution in [0.1, 0.15) is 30.5 Å². The second-order valence-electron chi connectivity index (χ2n) is 4.81. The Morgan fingerprint density at radius 3 is 2.82 bits per heavy atom. The van der Waals surface area contributed by atoms with Gasteiger partial charge < -0.3 is 10.2 Å². The second kappa shape index (κ2) is 6.47. The predicted molar refractivity (Wildman–Crippen MR) is 73.7 cm³/mol. The van der Waals surface area contributed by atoms with Crippen molar-refractivity contribution in [2.75, 3.05) is 26.2 Å². The third-order valence-electron chi connectivity index (χ3n) is 3.39. The largest absolute Gasteiger partial charge is 0.314 e. The molecule has 17 heavy (non-hydrogen) atoms. The summed E-state index contributed by atoms with van der Waals surface area (Å²) in [5.41, 5.74) is 1.16. The molecule has 0 saturated carbocycles. The highest BCUT2D eigenvalue weighted by Crippen LogP contribution is 2.13. The lowest BCUT2D eigenvalue weighted by Gasteiger charge is -2.32. The summed E-state index contributed by atoms with van der Waals surface area (Å²) in [4.78, 5) is 7.09. The summed E-state index contributed by atoms with van der Waals surface area (Å²) in [6.45, 7) is 9.01. The fourth-order valence-electron chi connectivity index (χ4n) is 2.42. The maximum absolute atomic E-state index is 4.52. The standard InChI is InChI=1S/C13H23N3S/c1-3-14-12-4-7-16(8-5-12)9-6-13-15-11(2)10-17-13/h10,12,14H,3-9H2,1-2H3. The molecule has 0 amide bonds. The summed E-state index contributed by atoms with van der Waals surface area (Å²) >= 11 is 1.80. The van der Waals surface area contributed by atoms with Crippen LogP contribution in [0.15, 0.2) is 5.38 Å². The van der Waals surface area contributed by atoms with Crippen molar-refractivity contribution in [1.82, 2.24) is 15.2 Å². The van der Waals surface area contributed by atoms with E-state index < -0.39 is 0 Å². The molecule has 4 heteroatoms. The van der Waals surface area contributed by atoms with Crippen molar-refractivity contribution < 1.29 is 0 Å². The van der Waals surface area contributed by atoms with Gasteiger partial charge in [-0.3, -0.25) is 0 Å². The average Bonchev–Trinajstić information content (AvgIpc) is 2.75. The molecule has 0 spiro atoms. The van der Waals surface area contributed by atoms with Crippen molar-refractivity contribution in [1.29, 1.82) is 0 Å². The minimum atomic E-state index is 0.748. The average molecular weight is 253 g/mol. The van der Waals surface area contributed by atoms with Gasteiger partial charge in [-0.15, -0.1) is 11.3 Å². The van der Waals surface area contributed by atoms with Gasteiger partial charge in [0.15, 0.2) is 0 Å². The van der Waals surface area contributed by atoms with E-state index in [2.05, 4.69) is 34.4 Å². The van der Waals surface area contributed by atoms with Crippen LogP contribution in [0.5, 0.6) is 0 Å². The summed E-state index contributed by atoms with van der Waals surface area (Å²) < 4.78 is 0. The molecule has 0 atom stereocenters. The first-order valence-electron chi connectivity index (χ1n) is 6.64. The monoisotopic (exact) mass is 253 g/mol. The lowest BCUT2D eigenvalue weighted by Crippen LogP contribution is -2.43. The minimum absolute atomic E-state index is 0.748. The lowest BCUT2D eigenvalue weighted by atomic mass is 10.1. The Kier molecular flexibility index (Phi) is 4.95. The van der Waals surface area contributed by atoms with Crippen LogP contribution in [-0.4, -0.2) is 42.1 Å². The van der Waals surface area contributed by atoms with Gasteiger partial charge in [0.05, 0.1) is 5.01 Å². The van der Waals surface area contributed by atoms with Crippen molar-refractivity contribution in [2.45, 2.75) is 39.2 Å². The van der Waals surface area contributed by atoms with E-state index in [-0.39, 0.29) is 0 Å². The molecule has 1 saturated heterocycles. The van der Waals surface area contributed by atoms with Crippen molar-refractivity contribution in [2.24, 2.45) is 0 Å². The van der Waals surface area contributed by atoms with Gasteiger partial charge in [0.2, 0.25) is 0 Å². The maximum atomic E-state index is 4.52. The molecular formula is C13H23N3S. The SMILES string of the molecule is CCNC1CCN(CCc2nc(C)cs2)CC1. The molecule has 0 unspecified atom stereocenters.